The fourth-order valence-electron chi connectivity index (χ4n) is 6.46. The van der Waals surface area contributed by atoms with Gasteiger partial charge in [-0.25, -0.2) is 0 Å². The number of hydrogen-bond donors (Lipinski definition) is 0. The van der Waals surface area contributed by atoms with E-state index in [1.54, 1.807) is 0 Å². The van der Waals surface area contributed by atoms with Crippen LogP contribution >= 0.6 is 0 Å². The summed E-state index contributed by atoms with van der Waals surface area (Å²) in [5.41, 5.74) is 5.05. The second kappa shape index (κ2) is 8.07. The first kappa shape index (κ1) is 20.7. The molecular weight excluding hydrogens is 384 g/mol. The summed E-state index contributed by atoms with van der Waals surface area (Å²) < 4.78 is 5.97. The first-order valence-electron chi connectivity index (χ1n) is 11.7. The van der Waals surface area contributed by atoms with Gasteiger partial charge in [0.25, 0.3) is 5.91 Å². The van der Waals surface area contributed by atoms with Crippen LogP contribution in [0.5, 0.6) is 0 Å². The van der Waals surface area contributed by atoms with Gasteiger partial charge in [0.15, 0.2) is 0 Å². The molecule has 3 fully saturated rings. The highest BCUT2D eigenvalue weighted by Gasteiger charge is 2.59. The van der Waals surface area contributed by atoms with E-state index in [4.69, 9.17) is 4.74 Å². The fourth-order valence-corrected chi connectivity index (χ4v) is 6.46. The minimum atomic E-state index is 0.192. The minimum absolute atomic E-state index is 0.192. The van der Waals surface area contributed by atoms with Crippen molar-refractivity contribution in [3.63, 3.8) is 0 Å². The number of likely N-dealkylation sites (tertiary alicyclic amines) is 2. The van der Waals surface area contributed by atoms with Gasteiger partial charge in [-0.3, -0.25) is 9.69 Å². The van der Waals surface area contributed by atoms with E-state index in [0.29, 0.717) is 0 Å². The second-order valence-electron chi connectivity index (χ2n) is 10.2. The van der Waals surface area contributed by atoms with Gasteiger partial charge in [-0.1, -0.05) is 47.5 Å². The van der Waals surface area contributed by atoms with E-state index < -0.39 is 0 Å². The van der Waals surface area contributed by atoms with Crippen LogP contribution in [0.15, 0.2) is 48.5 Å². The molecule has 0 radical (unpaired) electrons. The van der Waals surface area contributed by atoms with Crippen molar-refractivity contribution >= 4 is 5.91 Å². The molecule has 2 aromatic carbocycles. The van der Waals surface area contributed by atoms with Gasteiger partial charge in [-0.15, -0.1) is 0 Å². The predicted octanol–water partition coefficient (Wildman–Crippen LogP) is 4.45. The van der Waals surface area contributed by atoms with Crippen LogP contribution in [0.1, 0.15) is 46.3 Å². The van der Waals surface area contributed by atoms with Gasteiger partial charge in [0, 0.05) is 50.3 Å². The number of carbonyl (C=O) groups is 1. The highest BCUT2D eigenvalue weighted by Crippen LogP contribution is 2.57. The van der Waals surface area contributed by atoms with Gasteiger partial charge >= 0.3 is 0 Å². The molecule has 0 N–H and O–H groups in total. The van der Waals surface area contributed by atoms with E-state index in [-0.39, 0.29) is 16.7 Å². The van der Waals surface area contributed by atoms with Crippen LogP contribution in [0.2, 0.25) is 0 Å². The summed E-state index contributed by atoms with van der Waals surface area (Å²) in [4.78, 5) is 17.9. The van der Waals surface area contributed by atoms with Gasteiger partial charge < -0.3 is 9.64 Å². The molecule has 0 saturated carbocycles. The van der Waals surface area contributed by atoms with Crippen LogP contribution in [0, 0.1) is 24.7 Å². The first-order valence-corrected chi connectivity index (χ1v) is 11.7. The second-order valence-corrected chi connectivity index (χ2v) is 10.2. The summed E-state index contributed by atoms with van der Waals surface area (Å²) in [6, 6.07) is 17.0. The van der Waals surface area contributed by atoms with Gasteiger partial charge in [0.1, 0.15) is 0 Å². The first-order chi connectivity index (χ1) is 15.0. The Labute approximate surface area is 186 Å². The zero-order valence-corrected chi connectivity index (χ0v) is 18.9. The molecule has 3 aliphatic rings. The van der Waals surface area contributed by atoms with E-state index in [2.05, 4.69) is 60.0 Å². The molecule has 1 amide bonds. The number of fused-ring (bicyclic) bond motifs is 1. The molecule has 0 bridgehead atoms. The zero-order valence-electron chi connectivity index (χ0n) is 18.9. The standard InChI is InChI=1S/C27H34N2O2/c1-21-14-22(2)16-24(15-21)25(30)29-11-8-26(9-12-29)18-28(17-23-6-4-3-5-7-23)19-27(26)10-13-31-20-27/h3-7,14-16H,8-13,17-20H2,1-2H3/t27-/m0/s1. The van der Waals surface area contributed by atoms with Crippen LogP contribution in [0.3, 0.4) is 0 Å². The summed E-state index contributed by atoms with van der Waals surface area (Å²) in [5, 5.41) is 0. The van der Waals surface area contributed by atoms with Crippen molar-refractivity contribution < 1.29 is 9.53 Å². The number of aryl methyl sites for hydroxylation is 2. The molecule has 164 valence electrons. The van der Waals surface area contributed by atoms with Crippen molar-refractivity contribution in [1.82, 2.24) is 9.80 Å². The van der Waals surface area contributed by atoms with E-state index in [9.17, 15) is 4.79 Å². The number of hydrogen-bond acceptors (Lipinski definition) is 3. The summed E-state index contributed by atoms with van der Waals surface area (Å²) in [7, 11) is 0. The smallest absolute Gasteiger partial charge is 0.253 e. The molecule has 0 aliphatic carbocycles. The lowest BCUT2D eigenvalue weighted by molar-refractivity contribution is 0.00835. The number of nitrogens with zero attached hydrogens (tertiary/aromatic N) is 2. The topological polar surface area (TPSA) is 32.8 Å². The van der Waals surface area contributed by atoms with Crippen LogP contribution in [-0.2, 0) is 11.3 Å². The molecule has 4 heteroatoms. The fraction of sp³-hybridized carbons (Fsp3) is 0.519. The van der Waals surface area contributed by atoms with E-state index >= 15 is 0 Å². The number of ether oxygens (including phenoxy) is 1. The Morgan fingerprint density at radius 3 is 2.26 bits per heavy atom. The van der Waals surface area contributed by atoms with E-state index in [1.165, 1.54) is 5.56 Å². The molecule has 4 nitrogen and oxygen atoms in total. The maximum Gasteiger partial charge on any atom is 0.253 e. The third-order valence-corrected chi connectivity index (χ3v) is 8.01. The Morgan fingerprint density at radius 2 is 1.61 bits per heavy atom. The maximum atomic E-state index is 13.2. The summed E-state index contributed by atoms with van der Waals surface area (Å²) >= 11 is 0. The number of carbonyl (C=O) groups excluding carboxylic acids is 1. The average Bonchev–Trinajstić information content (AvgIpc) is 3.34. The van der Waals surface area contributed by atoms with E-state index in [1.807, 2.05) is 12.1 Å². The lowest BCUT2D eigenvalue weighted by Crippen LogP contribution is -2.51. The van der Waals surface area contributed by atoms with Crippen LogP contribution in [0.4, 0.5) is 0 Å². The molecule has 1 atom stereocenters. The van der Waals surface area contributed by atoms with Crippen LogP contribution in [0.25, 0.3) is 0 Å². The Hall–Kier alpha value is -2.17. The molecule has 3 saturated heterocycles. The van der Waals surface area contributed by atoms with Gasteiger partial charge in [-0.2, -0.15) is 0 Å². The van der Waals surface area contributed by atoms with Crippen LogP contribution < -0.4 is 0 Å². The van der Waals surface area contributed by atoms with Crippen molar-refractivity contribution in [2.45, 2.75) is 39.7 Å². The van der Waals surface area contributed by atoms with Crippen molar-refractivity contribution in [1.29, 1.82) is 0 Å². The number of benzene rings is 2. The normalized spacial score (nSPS) is 25.5. The average molecular weight is 419 g/mol. The van der Waals surface area contributed by atoms with Crippen molar-refractivity contribution in [2.24, 2.45) is 10.8 Å². The summed E-state index contributed by atoms with van der Waals surface area (Å²) in [6.07, 6.45) is 3.32. The SMILES string of the molecule is Cc1cc(C)cc(C(=O)N2CCC3(CC2)CN(Cc2ccccc2)C[C@]32CCOC2)c1. The molecule has 0 aromatic heterocycles. The Bertz CT molecular complexity index is 921. The number of rotatable bonds is 3. The molecule has 3 aliphatic heterocycles. The monoisotopic (exact) mass is 418 g/mol. The lowest BCUT2D eigenvalue weighted by atomic mass is 9.60. The summed E-state index contributed by atoms with van der Waals surface area (Å²) in [5.74, 6) is 0.192. The quantitative estimate of drug-likeness (QED) is 0.738. The number of amides is 1. The molecule has 31 heavy (non-hydrogen) atoms. The van der Waals surface area contributed by atoms with Crippen molar-refractivity contribution in [2.75, 3.05) is 39.4 Å². The highest BCUT2D eigenvalue weighted by molar-refractivity contribution is 5.94. The van der Waals surface area contributed by atoms with Crippen molar-refractivity contribution in [3.05, 3.63) is 70.8 Å². The van der Waals surface area contributed by atoms with Crippen molar-refractivity contribution in [3.8, 4) is 0 Å². The lowest BCUT2D eigenvalue weighted by Gasteiger charge is -2.47. The Balaban J connectivity index is 1.32. The third kappa shape index (κ3) is 3.81. The Kier molecular flexibility index (Phi) is 5.39. The van der Waals surface area contributed by atoms with Gasteiger partial charge in [0.05, 0.1) is 6.61 Å². The zero-order chi connectivity index (χ0) is 21.5. The minimum Gasteiger partial charge on any atom is -0.381 e. The highest BCUT2D eigenvalue weighted by atomic mass is 16.5. The van der Waals surface area contributed by atoms with E-state index in [0.717, 1.165) is 81.9 Å². The van der Waals surface area contributed by atoms with Gasteiger partial charge in [0.2, 0.25) is 0 Å². The summed E-state index contributed by atoms with van der Waals surface area (Å²) in [6.45, 7) is 10.9. The third-order valence-electron chi connectivity index (χ3n) is 8.01. The van der Waals surface area contributed by atoms with Gasteiger partial charge in [-0.05, 0) is 56.2 Å². The molecule has 2 spiro atoms. The largest absolute Gasteiger partial charge is 0.381 e. The molecule has 2 aromatic rings. The molecular formula is C27H34N2O2. The maximum absolute atomic E-state index is 13.2. The Morgan fingerprint density at radius 1 is 0.935 bits per heavy atom. The predicted molar refractivity (Wildman–Crippen MR) is 123 cm³/mol. The number of piperidine rings is 1. The molecule has 3 heterocycles. The van der Waals surface area contributed by atoms with Crippen LogP contribution in [-0.4, -0.2) is 55.1 Å². The molecule has 0 unspecified atom stereocenters. The molecule has 5 rings (SSSR count).